The van der Waals surface area contributed by atoms with Gasteiger partial charge in [0.1, 0.15) is 33.6 Å². The van der Waals surface area contributed by atoms with Gasteiger partial charge in [0.15, 0.2) is 0 Å². The SMILES string of the molecule is CC1(c2ccc(C3(C)CO3)c(C3(COCC4(c5cc(C6(C)CO6)ccc5C5(C)CO5)CO4)CO3)c2)CO1. The molecule has 7 nitrogen and oxygen atoms in total. The molecule has 7 heteroatoms. The van der Waals surface area contributed by atoms with Crippen LogP contribution in [0.3, 0.4) is 0 Å². The zero-order chi connectivity index (χ0) is 25.3. The van der Waals surface area contributed by atoms with E-state index in [2.05, 4.69) is 64.1 Å². The van der Waals surface area contributed by atoms with Crippen molar-refractivity contribution in [3.05, 3.63) is 69.8 Å². The van der Waals surface area contributed by atoms with Crippen molar-refractivity contribution in [2.75, 3.05) is 52.9 Å². The van der Waals surface area contributed by atoms with Crippen molar-refractivity contribution in [1.82, 2.24) is 0 Å². The van der Waals surface area contributed by atoms with Gasteiger partial charge in [-0.1, -0.05) is 24.3 Å². The van der Waals surface area contributed by atoms with Crippen molar-refractivity contribution in [2.24, 2.45) is 0 Å². The fraction of sp³-hybridized carbons (Fsp3) is 0.600. The van der Waals surface area contributed by atoms with Gasteiger partial charge in [-0.25, -0.2) is 0 Å². The van der Waals surface area contributed by atoms with Crippen LogP contribution in [-0.2, 0) is 66.8 Å². The molecule has 8 rings (SSSR count). The molecule has 0 aromatic heterocycles. The predicted octanol–water partition coefficient (Wildman–Crippen LogP) is 3.84. The van der Waals surface area contributed by atoms with E-state index < -0.39 is 11.2 Å². The summed E-state index contributed by atoms with van der Waals surface area (Å²) in [5.74, 6) is 0. The third-order valence-electron chi connectivity index (χ3n) is 9.35. The Morgan fingerprint density at radius 2 is 0.865 bits per heavy atom. The van der Waals surface area contributed by atoms with E-state index in [1.165, 1.54) is 22.3 Å². The van der Waals surface area contributed by atoms with Gasteiger partial charge in [-0.15, -0.1) is 0 Å². The lowest BCUT2D eigenvalue weighted by atomic mass is 9.84. The highest BCUT2D eigenvalue weighted by molar-refractivity contribution is 5.47. The summed E-state index contributed by atoms with van der Waals surface area (Å²) in [5.41, 5.74) is 5.21. The lowest BCUT2D eigenvalue weighted by molar-refractivity contribution is 0.0392. The molecule has 0 radical (unpaired) electrons. The molecule has 6 heterocycles. The Kier molecular flexibility index (Phi) is 4.38. The Balaban J connectivity index is 1.06. The third-order valence-corrected chi connectivity index (χ3v) is 9.35. The van der Waals surface area contributed by atoms with Crippen LogP contribution >= 0.6 is 0 Å². The van der Waals surface area contributed by atoms with Gasteiger partial charge in [0.05, 0.1) is 52.9 Å². The maximum atomic E-state index is 6.46. The molecular weight excluding hydrogens is 472 g/mol. The maximum absolute atomic E-state index is 6.46. The van der Waals surface area contributed by atoms with E-state index in [-0.39, 0.29) is 22.4 Å². The maximum Gasteiger partial charge on any atom is 0.140 e. The first-order valence-corrected chi connectivity index (χ1v) is 13.3. The van der Waals surface area contributed by atoms with E-state index in [0.29, 0.717) is 26.4 Å². The standard InChI is InChI=1S/C30H34O7/c1-25(11-32-25)19-5-7-21(27(3)13-34-27)23(9-19)29(17-36-29)15-31-16-30(18-37-30)24-10-20(26(2)12-33-26)6-8-22(24)28(4)14-35-28/h5-10H,11-18H2,1-4H3. The topological polar surface area (TPSA) is 84.4 Å². The van der Waals surface area contributed by atoms with Crippen LogP contribution in [0, 0.1) is 0 Å². The van der Waals surface area contributed by atoms with Gasteiger partial charge in [0, 0.05) is 0 Å². The molecule has 0 saturated carbocycles. The first-order valence-electron chi connectivity index (χ1n) is 13.3. The molecule has 6 aliphatic rings. The van der Waals surface area contributed by atoms with Gasteiger partial charge < -0.3 is 33.2 Å². The van der Waals surface area contributed by atoms with Crippen molar-refractivity contribution >= 4 is 0 Å². The van der Waals surface area contributed by atoms with Crippen LogP contribution in [0.1, 0.15) is 61.1 Å². The smallest absolute Gasteiger partial charge is 0.140 e. The van der Waals surface area contributed by atoms with Gasteiger partial charge in [-0.3, -0.25) is 0 Å². The molecule has 0 amide bonds. The molecule has 196 valence electrons. The van der Waals surface area contributed by atoms with E-state index in [9.17, 15) is 0 Å². The van der Waals surface area contributed by atoms with Gasteiger partial charge >= 0.3 is 0 Å². The van der Waals surface area contributed by atoms with Crippen LogP contribution < -0.4 is 0 Å². The second-order valence-corrected chi connectivity index (χ2v) is 12.7. The van der Waals surface area contributed by atoms with E-state index in [4.69, 9.17) is 33.2 Å². The quantitative estimate of drug-likeness (QED) is 0.453. The predicted molar refractivity (Wildman–Crippen MR) is 132 cm³/mol. The highest BCUT2D eigenvalue weighted by Gasteiger charge is 2.57. The van der Waals surface area contributed by atoms with E-state index in [0.717, 1.165) is 37.6 Å². The number of ether oxygens (including phenoxy) is 7. The van der Waals surface area contributed by atoms with Crippen molar-refractivity contribution in [2.45, 2.75) is 61.3 Å². The molecule has 6 fully saturated rings. The number of hydrogen-bond donors (Lipinski definition) is 0. The number of epoxide rings is 6. The highest BCUT2D eigenvalue weighted by Crippen LogP contribution is 2.53. The average Bonchev–Trinajstić information content (AvgIpc) is 3.71. The van der Waals surface area contributed by atoms with Gasteiger partial charge in [0.25, 0.3) is 0 Å². The minimum Gasteiger partial charge on any atom is -0.375 e. The third kappa shape index (κ3) is 3.67. The number of hydrogen-bond acceptors (Lipinski definition) is 7. The second kappa shape index (κ2) is 7.02. The van der Waals surface area contributed by atoms with E-state index >= 15 is 0 Å². The van der Waals surface area contributed by atoms with Gasteiger partial charge in [-0.05, 0) is 73.2 Å². The Morgan fingerprint density at radius 1 is 0.514 bits per heavy atom. The van der Waals surface area contributed by atoms with Crippen LogP contribution in [0.15, 0.2) is 36.4 Å². The second-order valence-electron chi connectivity index (χ2n) is 12.7. The van der Waals surface area contributed by atoms with Crippen LogP contribution in [-0.4, -0.2) is 52.9 Å². The molecule has 37 heavy (non-hydrogen) atoms. The lowest BCUT2D eigenvalue weighted by Crippen LogP contribution is -2.27. The van der Waals surface area contributed by atoms with Crippen LogP contribution in [0.2, 0.25) is 0 Å². The molecule has 2 aromatic carbocycles. The molecule has 0 N–H and O–H groups in total. The van der Waals surface area contributed by atoms with Crippen molar-refractivity contribution in [3.8, 4) is 0 Å². The summed E-state index contributed by atoms with van der Waals surface area (Å²) in [4.78, 5) is 0. The van der Waals surface area contributed by atoms with E-state index in [1.54, 1.807) is 0 Å². The summed E-state index contributed by atoms with van der Waals surface area (Å²) in [7, 11) is 0. The van der Waals surface area contributed by atoms with Crippen molar-refractivity contribution < 1.29 is 33.2 Å². The summed E-state index contributed by atoms with van der Waals surface area (Å²) >= 11 is 0. The zero-order valence-corrected chi connectivity index (χ0v) is 22.0. The minimum absolute atomic E-state index is 0.203. The Hall–Kier alpha value is -1.84. The first kappa shape index (κ1) is 23.1. The van der Waals surface area contributed by atoms with Crippen LogP contribution in [0.25, 0.3) is 0 Å². The van der Waals surface area contributed by atoms with Crippen LogP contribution in [0.4, 0.5) is 0 Å². The normalized spacial score (nSPS) is 44.4. The Labute approximate surface area is 217 Å². The molecule has 0 bridgehead atoms. The molecule has 6 atom stereocenters. The fourth-order valence-corrected chi connectivity index (χ4v) is 5.69. The summed E-state index contributed by atoms with van der Waals surface area (Å²) in [5, 5.41) is 0. The molecule has 6 aliphatic heterocycles. The van der Waals surface area contributed by atoms with Crippen LogP contribution in [0.5, 0.6) is 0 Å². The average molecular weight is 507 g/mol. The largest absolute Gasteiger partial charge is 0.375 e. The van der Waals surface area contributed by atoms with Crippen molar-refractivity contribution in [3.63, 3.8) is 0 Å². The molecule has 6 unspecified atom stereocenters. The highest BCUT2D eigenvalue weighted by atomic mass is 16.6. The molecule has 0 aliphatic carbocycles. The minimum atomic E-state index is -0.465. The number of rotatable bonds is 10. The van der Waals surface area contributed by atoms with E-state index in [1.807, 2.05) is 0 Å². The summed E-state index contributed by atoms with van der Waals surface area (Å²) in [6, 6.07) is 13.2. The van der Waals surface area contributed by atoms with Crippen molar-refractivity contribution in [1.29, 1.82) is 0 Å². The first-order chi connectivity index (χ1) is 17.6. The molecular formula is C30H34O7. The molecule has 2 aromatic rings. The Morgan fingerprint density at radius 3 is 1.16 bits per heavy atom. The molecule has 6 saturated heterocycles. The zero-order valence-electron chi connectivity index (χ0n) is 22.0. The Bertz CT molecular complexity index is 1190. The monoisotopic (exact) mass is 506 g/mol. The van der Waals surface area contributed by atoms with Gasteiger partial charge in [-0.2, -0.15) is 0 Å². The summed E-state index contributed by atoms with van der Waals surface area (Å²) < 4.78 is 41.9. The number of benzene rings is 2. The lowest BCUT2D eigenvalue weighted by Gasteiger charge is -2.24. The molecule has 0 spiro atoms. The summed E-state index contributed by atoms with van der Waals surface area (Å²) in [6.45, 7) is 13.7. The fourth-order valence-electron chi connectivity index (χ4n) is 5.69. The van der Waals surface area contributed by atoms with Gasteiger partial charge in [0.2, 0.25) is 0 Å². The summed E-state index contributed by atoms with van der Waals surface area (Å²) in [6.07, 6.45) is 0.